The van der Waals surface area contributed by atoms with Gasteiger partial charge < -0.3 is 19.9 Å². The molecule has 3 N–H and O–H groups in total. The fourth-order valence-corrected chi connectivity index (χ4v) is 4.25. The largest absolute Gasteiger partial charge is 0.493 e. The van der Waals surface area contributed by atoms with Crippen molar-refractivity contribution in [3.05, 3.63) is 59.2 Å². The monoisotopic (exact) mass is 381 g/mol. The molecule has 2 heterocycles. The van der Waals surface area contributed by atoms with Crippen molar-refractivity contribution >= 4 is 11.6 Å². The van der Waals surface area contributed by atoms with E-state index in [0.717, 1.165) is 63.6 Å². The van der Waals surface area contributed by atoms with Gasteiger partial charge in [-0.2, -0.15) is 0 Å². The number of hydrogen-bond acceptors (Lipinski definition) is 2. The van der Waals surface area contributed by atoms with Gasteiger partial charge in [0.05, 0.1) is 6.61 Å². The van der Waals surface area contributed by atoms with Crippen LogP contribution in [0.2, 0.25) is 0 Å². The first-order chi connectivity index (χ1) is 13.7. The highest BCUT2D eigenvalue weighted by atomic mass is 16.5. The van der Waals surface area contributed by atoms with E-state index < -0.39 is 0 Å². The molecular weight excluding hydrogens is 350 g/mol. The third-order valence-electron chi connectivity index (χ3n) is 5.90. The van der Waals surface area contributed by atoms with Crippen LogP contribution in [0.1, 0.15) is 23.6 Å². The number of ether oxygens (including phenoxy) is 1. The molecule has 1 fully saturated rings. The standard InChI is InChI=1S/C23H29N3O2/c1-2-18-4-3-5-21(15-18)24-23(27)17-26-11-9-25(10-12-26)16-19-6-7-22-20(14-19)8-13-28-22/h3-7,14-15H,2,8-13,16-17H2,1H3,(H,24,27)/p+2. The van der Waals surface area contributed by atoms with Crippen molar-refractivity contribution in [2.45, 2.75) is 26.3 Å². The molecule has 2 aliphatic rings. The Balaban J connectivity index is 1.23. The number of nitrogens with one attached hydrogen (secondary N) is 3. The maximum atomic E-state index is 12.4. The molecular formula is C23H31N3O2+2. The minimum absolute atomic E-state index is 0.116. The third kappa shape index (κ3) is 4.72. The van der Waals surface area contributed by atoms with Crippen LogP contribution in [-0.4, -0.2) is 45.2 Å². The number of piperazine rings is 1. The highest BCUT2D eigenvalue weighted by Gasteiger charge is 2.25. The molecule has 0 bridgehead atoms. The lowest BCUT2D eigenvalue weighted by Crippen LogP contribution is -3.28. The summed E-state index contributed by atoms with van der Waals surface area (Å²) in [6, 6.07) is 14.8. The highest BCUT2D eigenvalue weighted by molar-refractivity contribution is 5.91. The van der Waals surface area contributed by atoms with E-state index in [4.69, 9.17) is 4.74 Å². The number of hydrogen-bond donors (Lipinski definition) is 3. The summed E-state index contributed by atoms with van der Waals surface area (Å²) in [7, 11) is 0. The van der Waals surface area contributed by atoms with Crippen LogP contribution in [0.4, 0.5) is 5.69 Å². The van der Waals surface area contributed by atoms with Gasteiger partial charge in [0.15, 0.2) is 6.54 Å². The maximum absolute atomic E-state index is 12.4. The molecule has 28 heavy (non-hydrogen) atoms. The fraction of sp³-hybridized carbons (Fsp3) is 0.435. The first kappa shape index (κ1) is 19.0. The van der Waals surface area contributed by atoms with E-state index in [9.17, 15) is 4.79 Å². The molecule has 5 nitrogen and oxygen atoms in total. The average molecular weight is 382 g/mol. The van der Waals surface area contributed by atoms with E-state index in [1.54, 1.807) is 4.90 Å². The number of carbonyl (C=O) groups is 1. The first-order valence-electron chi connectivity index (χ1n) is 10.5. The Bertz CT molecular complexity index is 828. The van der Waals surface area contributed by atoms with Crippen LogP contribution in [0.5, 0.6) is 5.75 Å². The van der Waals surface area contributed by atoms with Crippen molar-refractivity contribution in [2.75, 3.05) is 44.6 Å². The van der Waals surface area contributed by atoms with Gasteiger partial charge in [-0.1, -0.05) is 19.1 Å². The van der Waals surface area contributed by atoms with Gasteiger partial charge in [-0.05, 0) is 47.9 Å². The Hall–Kier alpha value is -2.37. The summed E-state index contributed by atoms with van der Waals surface area (Å²) in [5, 5.41) is 3.06. The minimum Gasteiger partial charge on any atom is -0.493 e. The summed E-state index contributed by atoms with van der Waals surface area (Å²) in [6.07, 6.45) is 2.02. The highest BCUT2D eigenvalue weighted by Crippen LogP contribution is 2.25. The number of aryl methyl sites for hydroxylation is 1. The van der Waals surface area contributed by atoms with Crippen LogP contribution in [0.3, 0.4) is 0 Å². The van der Waals surface area contributed by atoms with E-state index >= 15 is 0 Å². The van der Waals surface area contributed by atoms with Gasteiger partial charge >= 0.3 is 0 Å². The smallest absolute Gasteiger partial charge is 0.279 e. The van der Waals surface area contributed by atoms with E-state index in [0.29, 0.717) is 6.54 Å². The summed E-state index contributed by atoms with van der Waals surface area (Å²) in [5.41, 5.74) is 4.91. The lowest BCUT2D eigenvalue weighted by Gasteiger charge is -2.29. The molecule has 0 aliphatic carbocycles. The van der Waals surface area contributed by atoms with Crippen LogP contribution in [0, 0.1) is 0 Å². The maximum Gasteiger partial charge on any atom is 0.279 e. The summed E-state index contributed by atoms with van der Waals surface area (Å²) < 4.78 is 5.60. The second kappa shape index (κ2) is 8.76. The van der Waals surface area contributed by atoms with E-state index in [1.165, 1.54) is 21.6 Å². The normalized spacial score (nSPS) is 21.0. The molecule has 0 radical (unpaired) electrons. The Labute approximate surface area is 167 Å². The van der Waals surface area contributed by atoms with Crippen LogP contribution < -0.4 is 19.9 Å². The van der Waals surface area contributed by atoms with E-state index in [-0.39, 0.29) is 5.91 Å². The molecule has 1 saturated heterocycles. The summed E-state index contributed by atoms with van der Waals surface area (Å²) in [5.74, 6) is 1.17. The Morgan fingerprint density at radius 3 is 2.68 bits per heavy atom. The van der Waals surface area contributed by atoms with E-state index in [2.05, 4.69) is 42.6 Å². The predicted molar refractivity (Wildman–Crippen MR) is 110 cm³/mol. The molecule has 0 spiro atoms. The Morgan fingerprint density at radius 2 is 1.86 bits per heavy atom. The number of carbonyl (C=O) groups excluding carboxylic acids is 1. The molecule has 0 atom stereocenters. The predicted octanol–water partition coefficient (Wildman–Crippen LogP) is 0.106. The number of amides is 1. The van der Waals surface area contributed by atoms with Crippen LogP contribution in [0.15, 0.2) is 42.5 Å². The van der Waals surface area contributed by atoms with Gasteiger partial charge in [0, 0.05) is 17.7 Å². The van der Waals surface area contributed by atoms with Crippen molar-refractivity contribution in [3.8, 4) is 5.75 Å². The number of fused-ring (bicyclic) bond motifs is 1. The lowest BCUT2D eigenvalue weighted by atomic mass is 10.1. The summed E-state index contributed by atoms with van der Waals surface area (Å²) in [6.45, 7) is 8.89. The zero-order valence-electron chi connectivity index (χ0n) is 16.7. The molecule has 0 unspecified atom stereocenters. The van der Waals surface area contributed by atoms with Gasteiger partial charge in [0.2, 0.25) is 0 Å². The molecule has 5 heteroatoms. The Morgan fingerprint density at radius 1 is 1.04 bits per heavy atom. The summed E-state index contributed by atoms with van der Waals surface area (Å²) in [4.78, 5) is 15.4. The number of anilines is 1. The van der Waals surface area contributed by atoms with Gasteiger partial charge in [0.1, 0.15) is 38.5 Å². The van der Waals surface area contributed by atoms with Crippen molar-refractivity contribution < 1.29 is 19.3 Å². The zero-order valence-corrected chi connectivity index (χ0v) is 16.7. The first-order valence-corrected chi connectivity index (χ1v) is 10.5. The number of rotatable bonds is 6. The van der Waals surface area contributed by atoms with Gasteiger partial charge in [-0.3, -0.25) is 4.79 Å². The van der Waals surface area contributed by atoms with Crippen LogP contribution in [-0.2, 0) is 24.2 Å². The third-order valence-corrected chi connectivity index (χ3v) is 5.90. The molecule has 1 amide bonds. The molecule has 0 saturated carbocycles. The van der Waals surface area contributed by atoms with E-state index in [1.807, 2.05) is 12.1 Å². The number of quaternary nitrogens is 2. The van der Waals surface area contributed by atoms with Crippen molar-refractivity contribution in [3.63, 3.8) is 0 Å². The van der Waals surface area contributed by atoms with Gasteiger partial charge in [-0.15, -0.1) is 0 Å². The SMILES string of the molecule is CCc1cccc(NC(=O)C[NH+]2CC[NH+](Cc3ccc4c(c3)CCO4)CC2)c1. The van der Waals surface area contributed by atoms with Crippen molar-refractivity contribution in [1.82, 2.24) is 0 Å². The fourth-order valence-electron chi connectivity index (χ4n) is 4.25. The van der Waals surface area contributed by atoms with Gasteiger partial charge in [-0.25, -0.2) is 0 Å². The minimum atomic E-state index is 0.116. The molecule has 148 valence electrons. The van der Waals surface area contributed by atoms with Crippen LogP contribution in [0.25, 0.3) is 0 Å². The average Bonchev–Trinajstić information content (AvgIpc) is 3.17. The van der Waals surface area contributed by atoms with Crippen molar-refractivity contribution in [2.24, 2.45) is 0 Å². The van der Waals surface area contributed by atoms with Gasteiger partial charge in [0.25, 0.3) is 5.91 Å². The number of benzene rings is 2. The lowest BCUT2D eigenvalue weighted by molar-refractivity contribution is -1.02. The second-order valence-corrected chi connectivity index (χ2v) is 8.00. The molecule has 4 rings (SSSR count). The second-order valence-electron chi connectivity index (χ2n) is 8.00. The molecule has 2 aromatic carbocycles. The zero-order chi connectivity index (χ0) is 19.3. The summed E-state index contributed by atoms with van der Waals surface area (Å²) >= 11 is 0. The topological polar surface area (TPSA) is 47.2 Å². The molecule has 0 aromatic heterocycles. The van der Waals surface area contributed by atoms with Crippen molar-refractivity contribution in [1.29, 1.82) is 0 Å². The molecule has 2 aromatic rings. The van der Waals surface area contributed by atoms with Crippen LogP contribution >= 0.6 is 0 Å². The quantitative estimate of drug-likeness (QED) is 0.665. The Kier molecular flexibility index (Phi) is 5.93. The molecule has 2 aliphatic heterocycles.